The fourth-order valence-corrected chi connectivity index (χ4v) is 0.494. The van der Waals surface area contributed by atoms with Crippen molar-refractivity contribution in [2.75, 3.05) is 6.61 Å². The summed E-state index contributed by atoms with van der Waals surface area (Å²) < 4.78 is 4.60. The highest BCUT2D eigenvalue weighted by Gasteiger charge is 2.05. The Bertz CT molecular complexity index is 145. The van der Waals surface area contributed by atoms with Crippen molar-refractivity contribution in [1.29, 1.82) is 0 Å². The van der Waals surface area contributed by atoms with Crippen LogP contribution in [0.4, 0.5) is 0 Å². The SMILES string of the molecule is C#CC(CCO)OC(C)=O. The molecule has 1 unspecified atom stereocenters. The number of carbonyl (C=O) groups is 1. The first-order valence-electron chi connectivity index (χ1n) is 2.95. The van der Waals surface area contributed by atoms with Crippen LogP contribution in [0.2, 0.25) is 0 Å². The Morgan fingerprint density at radius 3 is 2.80 bits per heavy atom. The molecule has 0 amide bonds. The molecule has 0 aliphatic carbocycles. The molecule has 56 valence electrons. The maximum Gasteiger partial charge on any atom is 0.303 e. The summed E-state index contributed by atoms with van der Waals surface area (Å²) in [5.74, 6) is 1.81. The first-order chi connectivity index (χ1) is 4.70. The van der Waals surface area contributed by atoms with Crippen LogP contribution >= 0.6 is 0 Å². The van der Waals surface area contributed by atoms with Crippen molar-refractivity contribution in [3.8, 4) is 12.3 Å². The normalized spacial score (nSPS) is 11.7. The first-order valence-corrected chi connectivity index (χ1v) is 2.95. The minimum atomic E-state index is -0.581. The molecule has 0 rings (SSSR count). The third kappa shape index (κ3) is 3.93. The number of aliphatic hydroxyl groups is 1. The molecule has 3 nitrogen and oxygen atoms in total. The minimum absolute atomic E-state index is 0.0673. The van der Waals surface area contributed by atoms with Crippen LogP contribution in [0.25, 0.3) is 0 Å². The number of hydrogen-bond acceptors (Lipinski definition) is 3. The van der Waals surface area contributed by atoms with Crippen LogP contribution in [0, 0.1) is 12.3 Å². The van der Waals surface area contributed by atoms with E-state index in [0.717, 1.165) is 0 Å². The zero-order valence-corrected chi connectivity index (χ0v) is 5.83. The van der Waals surface area contributed by atoms with Crippen molar-refractivity contribution < 1.29 is 14.6 Å². The van der Waals surface area contributed by atoms with Gasteiger partial charge in [0.15, 0.2) is 6.10 Å². The summed E-state index contributed by atoms with van der Waals surface area (Å²) in [5.41, 5.74) is 0. The van der Waals surface area contributed by atoms with Crippen LogP contribution in [0.3, 0.4) is 0 Å². The summed E-state index contributed by atoms with van der Waals surface area (Å²) >= 11 is 0. The molecule has 0 radical (unpaired) electrons. The van der Waals surface area contributed by atoms with Crippen LogP contribution in [-0.2, 0) is 9.53 Å². The average molecular weight is 142 g/mol. The first kappa shape index (κ1) is 8.99. The Labute approximate surface area is 60.0 Å². The highest BCUT2D eigenvalue weighted by molar-refractivity contribution is 5.66. The van der Waals surface area contributed by atoms with Crippen molar-refractivity contribution in [1.82, 2.24) is 0 Å². The van der Waals surface area contributed by atoms with Crippen molar-refractivity contribution >= 4 is 5.97 Å². The lowest BCUT2D eigenvalue weighted by Gasteiger charge is -2.07. The monoisotopic (exact) mass is 142 g/mol. The molecule has 1 atom stereocenters. The zero-order chi connectivity index (χ0) is 7.98. The molecule has 1 N–H and O–H groups in total. The van der Waals surface area contributed by atoms with E-state index in [9.17, 15) is 4.79 Å². The maximum atomic E-state index is 10.3. The predicted molar refractivity (Wildman–Crippen MR) is 36.1 cm³/mol. The Morgan fingerprint density at radius 1 is 1.90 bits per heavy atom. The van der Waals surface area contributed by atoms with Gasteiger partial charge in [-0.2, -0.15) is 0 Å². The van der Waals surface area contributed by atoms with E-state index in [0.29, 0.717) is 6.42 Å². The van der Waals surface area contributed by atoms with Crippen LogP contribution in [0.5, 0.6) is 0 Å². The molecule has 0 spiro atoms. The summed E-state index contributed by atoms with van der Waals surface area (Å²) in [7, 11) is 0. The van der Waals surface area contributed by atoms with E-state index in [1.165, 1.54) is 6.92 Å². The van der Waals surface area contributed by atoms with Crippen molar-refractivity contribution in [2.45, 2.75) is 19.4 Å². The molecule has 0 saturated carbocycles. The Morgan fingerprint density at radius 2 is 2.50 bits per heavy atom. The molecule has 10 heavy (non-hydrogen) atoms. The maximum absolute atomic E-state index is 10.3. The van der Waals surface area contributed by atoms with E-state index >= 15 is 0 Å². The molecule has 0 aromatic heterocycles. The van der Waals surface area contributed by atoms with Gasteiger partial charge in [0.2, 0.25) is 0 Å². The number of carbonyl (C=O) groups excluding carboxylic acids is 1. The molecule has 0 aromatic carbocycles. The van der Waals surface area contributed by atoms with Gasteiger partial charge >= 0.3 is 5.97 Å². The predicted octanol–water partition coefficient (Wildman–Crippen LogP) is -0.0663. The fraction of sp³-hybridized carbons (Fsp3) is 0.571. The molecule has 0 fully saturated rings. The highest BCUT2D eigenvalue weighted by Crippen LogP contribution is 1.95. The Balaban J connectivity index is 3.63. The smallest absolute Gasteiger partial charge is 0.303 e. The van der Waals surface area contributed by atoms with E-state index < -0.39 is 12.1 Å². The molecule has 0 heterocycles. The molecule has 0 aliphatic rings. The van der Waals surface area contributed by atoms with Crippen LogP contribution in [-0.4, -0.2) is 23.8 Å². The molecule has 3 heteroatoms. The van der Waals surface area contributed by atoms with Crippen LogP contribution in [0.1, 0.15) is 13.3 Å². The summed E-state index contributed by atoms with van der Waals surface area (Å²) in [6.45, 7) is 1.21. The van der Waals surface area contributed by atoms with E-state index in [1.54, 1.807) is 0 Å². The van der Waals surface area contributed by atoms with Gasteiger partial charge in [-0.1, -0.05) is 5.92 Å². The van der Waals surface area contributed by atoms with Gasteiger partial charge in [0, 0.05) is 20.0 Å². The second-order valence-corrected chi connectivity index (χ2v) is 1.78. The summed E-state index contributed by atoms with van der Waals surface area (Å²) in [6, 6.07) is 0. The topological polar surface area (TPSA) is 46.5 Å². The Kier molecular flexibility index (Phi) is 4.34. The fourth-order valence-electron chi connectivity index (χ4n) is 0.494. The van der Waals surface area contributed by atoms with Crippen molar-refractivity contribution in [3.05, 3.63) is 0 Å². The van der Waals surface area contributed by atoms with Gasteiger partial charge in [-0.25, -0.2) is 0 Å². The lowest BCUT2D eigenvalue weighted by molar-refractivity contribution is -0.144. The summed E-state index contributed by atoms with van der Waals surface area (Å²) in [6.07, 6.45) is 4.69. The summed E-state index contributed by atoms with van der Waals surface area (Å²) in [4.78, 5) is 10.3. The second-order valence-electron chi connectivity index (χ2n) is 1.78. The molecule has 0 bridgehead atoms. The molecular weight excluding hydrogens is 132 g/mol. The average Bonchev–Trinajstić information content (AvgIpc) is 1.86. The van der Waals surface area contributed by atoms with Gasteiger partial charge in [-0.05, 0) is 0 Å². The third-order valence-corrected chi connectivity index (χ3v) is 0.885. The van der Waals surface area contributed by atoms with Gasteiger partial charge in [0.25, 0.3) is 0 Å². The lowest BCUT2D eigenvalue weighted by atomic mass is 10.3. The van der Waals surface area contributed by atoms with E-state index in [2.05, 4.69) is 10.7 Å². The summed E-state index contributed by atoms with van der Waals surface area (Å²) in [5, 5.41) is 8.39. The molecule has 0 saturated heterocycles. The van der Waals surface area contributed by atoms with E-state index in [4.69, 9.17) is 11.5 Å². The third-order valence-electron chi connectivity index (χ3n) is 0.885. The molecule has 0 aliphatic heterocycles. The largest absolute Gasteiger partial charge is 0.449 e. The van der Waals surface area contributed by atoms with Gasteiger partial charge in [-0.3, -0.25) is 4.79 Å². The number of hydrogen-bond donors (Lipinski definition) is 1. The molecule has 0 aromatic rings. The molecular formula is C7H10O3. The zero-order valence-electron chi connectivity index (χ0n) is 5.83. The number of rotatable bonds is 3. The van der Waals surface area contributed by atoms with Crippen molar-refractivity contribution in [3.63, 3.8) is 0 Å². The number of aliphatic hydroxyl groups excluding tert-OH is 1. The number of ether oxygens (including phenoxy) is 1. The number of esters is 1. The standard InChI is InChI=1S/C7H10O3/c1-3-7(4-5-8)10-6(2)9/h1,7-8H,4-5H2,2H3. The van der Waals surface area contributed by atoms with Gasteiger partial charge in [0.1, 0.15) is 0 Å². The van der Waals surface area contributed by atoms with Crippen LogP contribution in [0.15, 0.2) is 0 Å². The van der Waals surface area contributed by atoms with Gasteiger partial charge < -0.3 is 9.84 Å². The quantitative estimate of drug-likeness (QED) is 0.443. The van der Waals surface area contributed by atoms with Crippen LogP contribution < -0.4 is 0 Å². The number of terminal acetylenes is 1. The highest BCUT2D eigenvalue weighted by atomic mass is 16.5. The minimum Gasteiger partial charge on any atom is -0.449 e. The van der Waals surface area contributed by atoms with Crippen molar-refractivity contribution in [2.24, 2.45) is 0 Å². The van der Waals surface area contributed by atoms with Gasteiger partial charge in [-0.15, -0.1) is 6.42 Å². The van der Waals surface area contributed by atoms with Gasteiger partial charge in [0.05, 0.1) is 0 Å². The second kappa shape index (κ2) is 4.83. The lowest BCUT2D eigenvalue weighted by Crippen LogP contribution is -2.15. The Hall–Kier alpha value is -1.01. The van der Waals surface area contributed by atoms with E-state index in [1.807, 2.05) is 0 Å². The van der Waals surface area contributed by atoms with E-state index in [-0.39, 0.29) is 6.61 Å².